The minimum Gasteiger partial charge on any atom is -0.507 e. The molecule has 1 rings (SSSR count). The maximum atomic E-state index is 11.7. The zero-order chi connectivity index (χ0) is 11.3. The number of para-hydroxylation sites is 1. The van der Waals surface area contributed by atoms with Crippen molar-refractivity contribution in [2.75, 3.05) is 6.54 Å². The molecule has 0 fully saturated rings. The van der Waals surface area contributed by atoms with Gasteiger partial charge in [-0.25, -0.2) is 0 Å². The summed E-state index contributed by atoms with van der Waals surface area (Å²) in [6, 6.07) is 6.52. The van der Waals surface area contributed by atoms with Crippen LogP contribution in [0.15, 0.2) is 36.0 Å². The minimum atomic E-state index is -0.188. The third-order valence-electron chi connectivity index (χ3n) is 1.97. The maximum Gasteiger partial charge on any atom is 0.191 e. The second-order valence-corrected chi connectivity index (χ2v) is 3.24. The zero-order valence-electron chi connectivity index (χ0n) is 8.95. The van der Waals surface area contributed by atoms with Crippen LogP contribution in [-0.4, -0.2) is 17.4 Å². The lowest BCUT2D eigenvalue weighted by Gasteiger charge is -2.03. The van der Waals surface area contributed by atoms with Crippen LogP contribution in [0, 0.1) is 0 Å². The summed E-state index contributed by atoms with van der Waals surface area (Å²) in [4.78, 5) is 11.7. The molecule has 15 heavy (non-hydrogen) atoms. The van der Waals surface area contributed by atoms with Crippen molar-refractivity contribution < 1.29 is 9.90 Å². The van der Waals surface area contributed by atoms with Crippen LogP contribution in [0.4, 0.5) is 0 Å². The van der Waals surface area contributed by atoms with Crippen molar-refractivity contribution in [1.82, 2.24) is 5.32 Å². The molecule has 0 atom stereocenters. The number of phenols is 1. The van der Waals surface area contributed by atoms with Crippen molar-refractivity contribution >= 4 is 5.78 Å². The van der Waals surface area contributed by atoms with Gasteiger partial charge < -0.3 is 10.4 Å². The van der Waals surface area contributed by atoms with Crippen LogP contribution in [-0.2, 0) is 0 Å². The van der Waals surface area contributed by atoms with Gasteiger partial charge in [-0.3, -0.25) is 4.79 Å². The van der Waals surface area contributed by atoms with Crippen LogP contribution in [0.3, 0.4) is 0 Å². The molecule has 0 spiro atoms. The number of hydrogen-bond donors (Lipinski definition) is 2. The quantitative estimate of drug-likeness (QED) is 0.584. The van der Waals surface area contributed by atoms with Gasteiger partial charge in [-0.05, 0) is 26.0 Å². The Bertz CT molecular complexity index is 383. The van der Waals surface area contributed by atoms with E-state index in [9.17, 15) is 9.90 Å². The smallest absolute Gasteiger partial charge is 0.191 e. The minimum absolute atomic E-state index is 0.0167. The summed E-state index contributed by atoms with van der Waals surface area (Å²) in [7, 11) is 0. The van der Waals surface area contributed by atoms with Crippen LogP contribution in [0.1, 0.15) is 24.2 Å². The maximum absolute atomic E-state index is 11.7. The average Bonchev–Trinajstić information content (AvgIpc) is 2.18. The summed E-state index contributed by atoms with van der Waals surface area (Å²) < 4.78 is 0. The highest BCUT2D eigenvalue weighted by molar-refractivity contribution is 6.06. The summed E-state index contributed by atoms with van der Waals surface area (Å²) >= 11 is 0. The van der Waals surface area contributed by atoms with E-state index in [1.54, 1.807) is 18.2 Å². The molecular formula is C12H15NO2. The number of carbonyl (C=O) groups excluding carboxylic acids is 1. The van der Waals surface area contributed by atoms with Crippen molar-refractivity contribution in [2.24, 2.45) is 0 Å². The second-order valence-electron chi connectivity index (χ2n) is 3.24. The van der Waals surface area contributed by atoms with Crippen molar-refractivity contribution in [3.8, 4) is 5.75 Å². The van der Waals surface area contributed by atoms with Gasteiger partial charge in [0.2, 0.25) is 0 Å². The molecule has 0 saturated heterocycles. The second kappa shape index (κ2) is 5.20. The first-order chi connectivity index (χ1) is 7.15. The first-order valence-corrected chi connectivity index (χ1v) is 4.89. The van der Waals surface area contributed by atoms with E-state index in [0.29, 0.717) is 5.56 Å². The fourth-order valence-corrected chi connectivity index (χ4v) is 1.29. The molecule has 0 heterocycles. The Morgan fingerprint density at radius 1 is 1.47 bits per heavy atom. The molecule has 1 aromatic carbocycles. The summed E-state index contributed by atoms with van der Waals surface area (Å²) in [6.07, 6.45) is 1.48. The number of carbonyl (C=O) groups is 1. The number of hydrogen-bond acceptors (Lipinski definition) is 3. The third kappa shape index (κ3) is 3.13. The van der Waals surface area contributed by atoms with Crippen LogP contribution in [0.5, 0.6) is 5.75 Å². The molecule has 0 aliphatic rings. The summed E-state index contributed by atoms with van der Waals surface area (Å²) in [5.74, 6) is -0.172. The van der Waals surface area contributed by atoms with Gasteiger partial charge in [0.25, 0.3) is 0 Å². The van der Waals surface area contributed by atoms with E-state index in [2.05, 4.69) is 5.32 Å². The van der Waals surface area contributed by atoms with Gasteiger partial charge in [0.1, 0.15) is 5.75 Å². The van der Waals surface area contributed by atoms with Crippen molar-refractivity contribution in [2.45, 2.75) is 13.8 Å². The number of ketones is 1. The van der Waals surface area contributed by atoms with Crippen molar-refractivity contribution in [1.29, 1.82) is 0 Å². The number of aromatic hydroxyl groups is 1. The molecule has 3 heteroatoms. The number of allylic oxidation sites excluding steroid dienone is 2. The lowest BCUT2D eigenvalue weighted by molar-refractivity contribution is 0.104. The number of phenolic OH excluding ortho intramolecular Hbond substituents is 1. The summed E-state index contributed by atoms with van der Waals surface area (Å²) in [6.45, 7) is 4.56. The van der Waals surface area contributed by atoms with Gasteiger partial charge in [0.15, 0.2) is 5.78 Å². The van der Waals surface area contributed by atoms with E-state index in [1.807, 2.05) is 13.8 Å². The third-order valence-corrected chi connectivity index (χ3v) is 1.97. The van der Waals surface area contributed by atoms with E-state index < -0.39 is 0 Å². The lowest BCUT2D eigenvalue weighted by Crippen LogP contribution is -2.11. The fourth-order valence-electron chi connectivity index (χ4n) is 1.29. The molecule has 0 unspecified atom stereocenters. The first kappa shape index (κ1) is 11.3. The van der Waals surface area contributed by atoms with Gasteiger partial charge in [-0.1, -0.05) is 12.1 Å². The monoisotopic (exact) mass is 205 g/mol. The highest BCUT2D eigenvalue weighted by atomic mass is 16.3. The van der Waals surface area contributed by atoms with Crippen LogP contribution in [0.2, 0.25) is 0 Å². The molecule has 1 aromatic rings. The Hall–Kier alpha value is -1.77. The Kier molecular flexibility index (Phi) is 3.92. The molecule has 0 aliphatic carbocycles. The van der Waals surface area contributed by atoms with E-state index in [1.165, 1.54) is 12.1 Å². The highest BCUT2D eigenvalue weighted by Crippen LogP contribution is 2.16. The predicted molar refractivity (Wildman–Crippen MR) is 59.9 cm³/mol. The van der Waals surface area contributed by atoms with E-state index >= 15 is 0 Å². The molecule has 3 nitrogen and oxygen atoms in total. The summed E-state index contributed by atoms with van der Waals surface area (Å²) in [5, 5.41) is 12.5. The molecule has 0 radical (unpaired) electrons. The van der Waals surface area contributed by atoms with Gasteiger partial charge in [0, 0.05) is 18.3 Å². The van der Waals surface area contributed by atoms with E-state index in [0.717, 1.165) is 12.2 Å². The van der Waals surface area contributed by atoms with Crippen LogP contribution >= 0.6 is 0 Å². The molecule has 0 bridgehead atoms. The Balaban J connectivity index is 2.86. The number of rotatable bonds is 4. The average molecular weight is 205 g/mol. The molecule has 0 aliphatic heterocycles. The number of benzene rings is 1. The van der Waals surface area contributed by atoms with Gasteiger partial charge >= 0.3 is 0 Å². The van der Waals surface area contributed by atoms with Gasteiger partial charge in [-0.2, -0.15) is 0 Å². The number of nitrogens with one attached hydrogen (secondary N) is 1. The van der Waals surface area contributed by atoms with Crippen LogP contribution in [0.25, 0.3) is 0 Å². The zero-order valence-corrected chi connectivity index (χ0v) is 8.95. The molecular weight excluding hydrogens is 190 g/mol. The van der Waals surface area contributed by atoms with Gasteiger partial charge in [0.05, 0.1) is 5.56 Å². The standard InChI is InChI=1S/C12H15NO2/c1-3-13-9(2)8-12(15)10-6-4-5-7-11(10)14/h4-8,13-14H,3H2,1-2H3/b9-8+. The Labute approximate surface area is 89.4 Å². The molecule has 0 amide bonds. The molecule has 2 N–H and O–H groups in total. The summed E-state index contributed by atoms with van der Waals surface area (Å²) in [5.41, 5.74) is 1.13. The molecule has 0 saturated carbocycles. The topological polar surface area (TPSA) is 49.3 Å². The van der Waals surface area contributed by atoms with E-state index in [4.69, 9.17) is 0 Å². The van der Waals surface area contributed by atoms with Crippen molar-refractivity contribution in [3.05, 3.63) is 41.6 Å². The van der Waals surface area contributed by atoms with Crippen molar-refractivity contribution in [3.63, 3.8) is 0 Å². The predicted octanol–water partition coefficient (Wildman–Crippen LogP) is 2.09. The molecule has 0 aromatic heterocycles. The largest absolute Gasteiger partial charge is 0.507 e. The Morgan fingerprint density at radius 2 is 2.13 bits per heavy atom. The Morgan fingerprint density at radius 3 is 2.73 bits per heavy atom. The SMILES string of the molecule is CCN/C(C)=C/C(=O)c1ccccc1O. The van der Waals surface area contributed by atoms with Gasteiger partial charge in [-0.15, -0.1) is 0 Å². The first-order valence-electron chi connectivity index (χ1n) is 4.89. The fraction of sp³-hybridized carbons (Fsp3) is 0.250. The van der Waals surface area contributed by atoms with E-state index in [-0.39, 0.29) is 11.5 Å². The molecule has 80 valence electrons. The normalized spacial score (nSPS) is 11.2. The van der Waals surface area contributed by atoms with Crippen LogP contribution < -0.4 is 5.32 Å². The highest BCUT2D eigenvalue weighted by Gasteiger charge is 2.07. The lowest BCUT2D eigenvalue weighted by atomic mass is 10.1.